The van der Waals surface area contributed by atoms with Crippen molar-refractivity contribution in [2.24, 2.45) is 0 Å². The van der Waals surface area contributed by atoms with E-state index in [0.29, 0.717) is 5.69 Å². The smallest absolute Gasteiger partial charge is 0.293 e. The Kier molecular flexibility index (Phi) is 2.72. The Morgan fingerprint density at radius 1 is 1.53 bits per heavy atom. The van der Waals surface area contributed by atoms with E-state index in [1.807, 2.05) is 6.92 Å². The van der Waals surface area contributed by atoms with Crippen molar-refractivity contribution < 1.29 is 4.92 Å². The van der Waals surface area contributed by atoms with Crippen molar-refractivity contribution in [3.05, 3.63) is 45.5 Å². The van der Waals surface area contributed by atoms with Crippen molar-refractivity contribution in [2.75, 3.05) is 5.73 Å². The molecule has 1 aromatic heterocycles. The summed E-state index contributed by atoms with van der Waals surface area (Å²) in [6.45, 7) is 1.83. The molecule has 88 valence electrons. The van der Waals surface area contributed by atoms with E-state index in [2.05, 4.69) is 4.98 Å². The van der Waals surface area contributed by atoms with Gasteiger partial charge in [0, 0.05) is 12.3 Å². The van der Waals surface area contributed by atoms with Crippen molar-refractivity contribution >= 4 is 23.0 Å². The molecule has 0 saturated heterocycles. The monoisotopic (exact) mass is 252 g/mol. The van der Waals surface area contributed by atoms with Gasteiger partial charge >= 0.3 is 0 Å². The van der Waals surface area contributed by atoms with Crippen LogP contribution in [0.3, 0.4) is 0 Å². The normalized spacial score (nSPS) is 10.5. The maximum absolute atomic E-state index is 10.7. The lowest BCUT2D eigenvalue weighted by molar-refractivity contribution is -0.383. The quantitative estimate of drug-likeness (QED) is 0.505. The van der Waals surface area contributed by atoms with E-state index in [0.717, 1.165) is 5.69 Å². The highest BCUT2D eigenvalue weighted by atomic mass is 35.5. The number of nitro groups is 1. The minimum absolute atomic E-state index is 0.0701. The summed E-state index contributed by atoms with van der Waals surface area (Å²) in [6, 6.07) is 2.70. The summed E-state index contributed by atoms with van der Waals surface area (Å²) in [6.07, 6.45) is 3.33. The fourth-order valence-corrected chi connectivity index (χ4v) is 1.73. The van der Waals surface area contributed by atoms with Crippen LogP contribution in [0, 0.1) is 17.0 Å². The summed E-state index contributed by atoms with van der Waals surface area (Å²) in [7, 11) is 0. The zero-order valence-electron chi connectivity index (χ0n) is 8.92. The van der Waals surface area contributed by atoms with Crippen LogP contribution in [0.25, 0.3) is 5.69 Å². The van der Waals surface area contributed by atoms with Crippen LogP contribution >= 0.6 is 11.6 Å². The number of nitrogens with zero attached hydrogens (tertiary/aromatic N) is 3. The molecule has 1 heterocycles. The molecule has 0 fully saturated rings. The van der Waals surface area contributed by atoms with Crippen LogP contribution in [-0.2, 0) is 0 Å². The molecule has 6 nitrogen and oxygen atoms in total. The van der Waals surface area contributed by atoms with Crippen LogP contribution in [0.4, 0.5) is 11.4 Å². The highest BCUT2D eigenvalue weighted by molar-refractivity contribution is 6.32. The fourth-order valence-electron chi connectivity index (χ4n) is 1.48. The SMILES string of the molecule is Cc1cn(-c2cc(N)c([N+](=O)[O-])cc2Cl)cn1. The molecule has 0 atom stereocenters. The molecule has 0 amide bonds. The lowest BCUT2D eigenvalue weighted by Crippen LogP contribution is -1.99. The highest BCUT2D eigenvalue weighted by Crippen LogP contribution is 2.31. The number of nitro benzene ring substituents is 1. The Balaban J connectivity index is 2.57. The molecule has 2 aromatic rings. The first-order valence-corrected chi connectivity index (χ1v) is 5.11. The third kappa shape index (κ3) is 2.07. The van der Waals surface area contributed by atoms with E-state index >= 15 is 0 Å². The van der Waals surface area contributed by atoms with E-state index in [4.69, 9.17) is 17.3 Å². The molecular weight excluding hydrogens is 244 g/mol. The van der Waals surface area contributed by atoms with Crippen molar-refractivity contribution in [2.45, 2.75) is 6.92 Å². The third-order valence-electron chi connectivity index (χ3n) is 2.28. The maximum atomic E-state index is 10.7. The van der Waals surface area contributed by atoms with Crippen molar-refractivity contribution in [3.63, 3.8) is 0 Å². The number of aryl methyl sites for hydroxylation is 1. The minimum Gasteiger partial charge on any atom is -0.393 e. The molecule has 0 aliphatic heterocycles. The van der Waals surface area contributed by atoms with Gasteiger partial charge < -0.3 is 10.3 Å². The summed E-state index contributed by atoms with van der Waals surface area (Å²) < 4.78 is 1.66. The number of hydrogen-bond acceptors (Lipinski definition) is 4. The van der Waals surface area contributed by atoms with Gasteiger partial charge in [-0.15, -0.1) is 0 Å². The fraction of sp³-hybridized carbons (Fsp3) is 0.100. The van der Waals surface area contributed by atoms with Gasteiger partial charge in [-0.2, -0.15) is 0 Å². The Hall–Kier alpha value is -2.08. The van der Waals surface area contributed by atoms with Gasteiger partial charge in [-0.25, -0.2) is 4.98 Å². The first-order chi connectivity index (χ1) is 7.99. The molecule has 2 rings (SSSR count). The molecule has 1 aromatic carbocycles. The van der Waals surface area contributed by atoms with Crippen molar-refractivity contribution in [3.8, 4) is 5.69 Å². The summed E-state index contributed by atoms with van der Waals surface area (Å²) in [4.78, 5) is 14.2. The molecule has 0 saturated carbocycles. The number of aromatic nitrogens is 2. The van der Waals surface area contributed by atoms with Gasteiger partial charge in [0.15, 0.2) is 0 Å². The van der Waals surface area contributed by atoms with E-state index < -0.39 is 4.92 Å². The molecule has 7 heteroatoms. The second-order valence-corrected chi connectivity index (χ2v) is 3.95. The van der Waals surface area contributed by atoms with E-state index in [1.54, 1.807) is 17.1 Å². The number of hydrogen-bond donors (Lipinski definition) is 1. The van der Waals surface area contributed by atoms with E-state index in [9.17, 15) is 10.1 Å². The molecule has 0 aliphatic carbocycles. The van der Waals surface area contributed by atoms with Gasteiger partial charge in [0.25, 0.3) is 5.69 Å². The molecule has 0 aliphatic rings. The molecule has 17 heavy (non-hydrogen) atoms. The molecule has 0 bridgehead atoms. The minimum atomic E-state index is -0.565. The van der Waals surface area contributed by atoms with Crippen molar-refractivity contribution in [1.29, 1.82) is 0 Å². The molecular formula is C10H9ClN4O2. The van der Waals surface area contributed by atoms with Gasteiger partial charge in [-0.3, -0.25) is 10.1 Å². The highest BCUT2D eigenvalue weighted by Gasteiger charge is 2.16. The van der Waals surface area contributed by atoms with Crippen LogP contribution in [-0.4, -0.2) is 14.5 Å². The second kappa shape index (κ2) is 4.06. The molecule has 0 radical (unpaired) electrons. The predicted molar refractivity (Wildman–Crippen MR) is 64.4 cm³/mol. The van der Waals surface area contributed by atoms with Gasteiger partial charge in [-0.1, -0.05) is 11.6 Å². The molecule has 2 N–H and O–H groups in total. The van der Waals surface area contributed by atoms with Gasteiger partial charge in [-0.05, 0) is 13.0 Å². The molecule has 0 spiro atoms. The first-order valence-electron chi connectivity index (χ1n) is 4.73. The Labute approximate surface area is 102 Å². The first kappa shape index (κ1) is 11.4. The third-order valence-corrected chi connectivity index (χ3v) is 2.59. The van der Waals surface area contributed by atoms with Crippen LogP contribution in [0.5, 0.6) is 0 Å². The van der Waals surface area contributed by atoms with Crippen LogP contribution in [0.15, 0.2) is 24.7 Å². The summed E-state index contributed by atoms with van der Waals surface area (Å²) in [5, 5.41) is 10.9. The number of halogens is 1. The summed E-state index contributed by atoms with van der Waals surface area (Å²) in [5.74, 6) is 0. The lowest BCUT2D eigenvalue weighted by Gasteiger charge is -2.06. The van der Waals surface area contributed by atoms with Crippen LogP contribution < -0.4 is 5.73 Å². The Morgan fingerprint density at radius 2 is 2.24 bits per heavy atom. The van der Waals surface area contributed by atoms with Gasteiger partial charge in [0.2, 0.25) is 0 Å². The largest absolute Gasteiger partial charge is 0.393 e. The summed E-state index contributed by atoms with van der Waals surface area (Å²) >= 11 is 5.98. The number of nitrogens with two attached hydrogens (primary N) is 1. The van der Waals surface area contributed by atoms with E-state index in [1.165, 1.54) is 12.1 Å². The summed E-state index contributed by atoms with van der Waals surface area (Å²) in [5.41, 5.74) is 6.86. The average molecular weight is 253 g/mol. The molecule has 0 unspecified atom stereocenters. The predicted octanol–water partition coefficient (Wildman–Crippen LogP) is 2.32. The van der Waals surface area contributed by atoms with Crippen molar-refractivity contribution in [1.82, 2.24) is 9.55 Å². The average Bonchev–Trinajstić information content (AvgIpc) is 2.67. The number of rotatable bonds is 2. The van der Waals surface area contributed by atoms with E-state index in [-0.39, 0.29) is 16.4 Å². The zero-order chi connectivity index (χ0) is 12.6. The second-order valence-electron chi connectivity index (χ2n) is 3.54. The standard InChI is InChI=1S/C10H9ClN4O2/c1-6-4-14(5-13-6)9-3-8(12)10(15(16)17)2-7(9)11/h2-5H,12H2,1H3. The number of imidazole rings is 1. The zero-order valence-corrected chi connectivity index (χ0v) is 9.68. The van der Waals surface area contributed by atoms with Gasteiger partial charge in [0.05, 0.1) is 27.7 Å². The van der Waals surface area contributed by atoms with Crippen LogP contribution in [0.1, 0.15) is 5.69 Å². The Morgan fingerprint density at radius 3 is 2.76 bits per heavy atom. The maximum Gasteiger partial charge on any atom is 0.293 e. The Bertz CT molecular complexity index is 594. The number of benzene rings is 1. The number of nitrogen functional groups attached to an aromatic ring is 1. The number of anilines is 1. The van der Waals surface area contributed by atoms with Gasteiger partial charge in [0.1, 0.15) is 5.69 Å². The lowest BCUT2D eigenvalue weighted by atomic mass is 10.2. The van der Waals surface area contributed by atoms with Crippen LogP contribution in [0.2, 0.25) is 5.02 Å². The topological polar surface area (TPSA) is 87.0 Å².